The summed E-state index contributed by atoms with van der Waals surface area (Å²) in [6.45, 7) is 0. The Balaban J connectivity index is 2.41. The van der Waals surface area contributed by atoms with E-state index in [2.05, 4.69) is 5.32 Å². The van der Waals surface area contributed by atoms with Crippen molar-refractivity contribution in [1.29, 1.82) is 0 Å². The SMILES string of the molecule is COC1CCCC1NC(=O)C(N)CC(=O)O. The Hall–Kier alpha value is -1.14. The second kappa shape index (κ2) is 5.81. The number of amides is 1. The molecule has 6 nitrogen and oxygen atoms in total. The minimum atomic E-state index is -1.07. The van der Waals surface area contributed by atoms with E-state index >= 15 is 0 Å². The molecule has 3 atom stereocenters. The van der Waals surface area contributed by atoms with Crippen molar-refractivity contribution >= 4 is 11.9 Å². The molecular weight excluding hydrogens is 212 g/mol. The molecule has 0 aromatic carbocycles. The molecule has 0 aromatic rings. The molecule has 0 heterocycles. The van der Waals surface area contributed by atoms with Gasteiger partial charge in [-0.2, -0.15) is 0 Å². The zero-order valence-electron chi connectivity index (χ0n) is 9.31. The second-order valence-electron chi connectivity index (χ2n) is 4.02. The van der Waals surface area contributed by atoms with Gasteiger partial charge in [0, 0.05) is 7.11 Å². The van der Waals surface area contributed by atoms with Crippen molar-refractivity contribution in [1.82, 2.24) is 5.32 Å². The Kier molecular flexibility index (Phi) is 4.70. The number of nitrogens with two attached hydrogens (primary N) is 1. The lowest BCUT2D eigenvalue weighted by atomic mass is 10.1. The Labute approximate surface area is 94.1 Å². The van der Waals surface area contributed by atoms with Gasteiger partial charge in [0.15, 0.2) is 0 Å². The van der Waals surface area contributed by atoms with Crippen molar-refractivity contribution in [3.8, 4) is 0 Å². The van der Waals surface area contributed by atoms with Gasteiger partial charge in [-0.05, 0) is 19.3 Å². The molecule has 1 aliphatic carbocycles. The highest BCUT2D eigenvalue weighted by Gasteiger charge is 2.30. The van der Waals surface area contributed by atoms with Gasteiger partial charge in [-0.1, -0.05) is 0 Å². The molecule has 0 bridgehead atoms. The lowest BCUT2D eigenvalue weighted by molar-refractivity contribution is -0.139. The lowest BCUT2D eigenvalue weighted by Gasteiger charge is -2.21. The Morgan fingerprint density at radius 3 is 2.81 bits per heavy atom. The average Bonchev–Trinajstić information content (AvgIpc) is 2.64. The fourth-order valence-electron chi connectivity index (χ4n) is 1.94. The van der Waals surface area contributed by atoms with Crippen LogP contribution in [0.2, 0.25) is 0 Å². The van der Waals surface area contributed by atoms with Crippen molar-refractivity contribution in [2.24, 2.45) is 5.73 Å². The van der Waals surface area contributed by atoms with Crippen molar-refractivity contribution in [3.05, 3.63) is 0 Å². The minimum absolute atomic E-state index is 0.0148. The molecule has 0 aliphatic heterocycles. The normalized spacial score (nSPS) is 26.4. The quantitative estimate of drug-likeness (QED) is 0.589. The predicted molar refractivity (Wildman–Crippen MR) is 56.8 cm³/mol. The third-order valence-corrected chi connectivity index (χ3v) is 2.81. The number of hydrogen-bond acceptors (Lipinski definition) is 4. The summed E-state index contributed by atoms with van der Waals surface area (Å²) in [7, 11) is 1.60. The molecule has 1 saturated carbocycles. The van der Waals surface area contributed by atoms with Crippen LogP contribution in [0.1, 0.15) is 25.7 Å². The summed E-state index contributed by atoms with van der Waals surface area (Å²) in [5, 5.41) is 11.2. The molecule has 1 fully saturated rings. The molecule has 0 aromatic heterocycles. The van der Waals surface area contributed by atoms with Gasteiger partial charge in [-0.3, -0.25) is 9.59 Å². The summed E-state index contributed by atoms with van der Waals surface area (Å²) >= 11 is 0. The lowest BCUT2D eigenvalue weighted by Crippen LogP contribution is -2.48. The first-order valence-electron chi connectivity index (χ1n) is 5.35. The monoisotopic (exact) mass is 230 g/mol. The predicted octanol–water partition coefficient (Wildman–Crippen LogP) is -0.528. The Morgan fingerprint density at radius 2 is 2.25 bits per heavy atom. The third kappa shape index (κ3) is 3.46. The van der Waals surface area contributed by atoms with E-state index in [0.29, 0.717) is 0 Å². The summed E-state index contributed by atoms with van der Waals surface area (Å²) in [5.41, 5.74) is 5.45. The number of hydrogen-bond donors (Lipinski definition) is 3. The van der Waals surface area contributed by atoms with Crippen molar-refractivity contribution in [3.63, 3.8) is 0 Å². The molecule has 1 rings (SSSR count). The number of aliphatic carboxylic acids is 1. The largest absolute Gasteiger partial charge is 0.481 e. The first-order chi connectivity index (χ1) is 7.54. The van der Waals surface area contributed by atoms with Gasteiger partial charge in [0.25, 0.3) is 0 Å². The first kappa shape index (κ1) is 12.9. The smallest absolute Gasteiger partial charge is 0.305 e. The maximum absolute atomic E-state index is 11.5. The summed E-state index contributed by atoms with van der Waals surface area (Å²) < 4.78 is 5.21. The third-order valence-electron chi connectivity index (χ3n) is 2.81. The van der Waals surface area contributed by atoms with E-state index in [1.54, 1.807) is 7.11 Å². The van der Waals surface area contributed by atoms with Crippen LogP contribution in [-0.2, 0) is 14.3 Å². The number of ether oxygens (including phenoxy) is 1. The summed E-state index contributed by atoms with van der Waals surface area (Å²) in [4.78, 5) is 21.9. The van der Waals surface area contributed by atoms with Crippen LogP contribution < -0.4 is 11.1 Å². The molecule has 1 amide bonds. The van der Waals surface area contributed by atoms with Gasteiger partial charge in [0.05, 0.1) is 24.6 Å². The molecule has 16 heavy (non-hydrogen) atoms. The molecular formula is C10H18N2O4. The number of carboxylic acids is 1. The van der Waals surface area contributed by atoms with E-state index in [0.717, 1.165) is 19.3 Å². The second-order valence-corrected chi connectivity index (χ2v) is 4.02. The molecule has 6 heteroatoms. The zero-order chi connectivity index (χ0) is 12.1. The van der Waals surface area contributed by atoms with Crippen molar-refractivity contribution in [2.75, 3.05) is 7.11 Å². The fraction of sp³-hybridized carbons (Fsp3) is 0.800. The van der Waals surface area contributed by atoms with E-state index < -0.39 is 17.9 Å². The fourth-order valence-corrected chi connectivity index (χ4v) is 1.94. The van der Waals surface area contributed by atoms with Gasteiger partial charge in [-0.25, -0.2) is 0 Å². The maximum atomic E-state index is 11.5. The Morgan fingerprint density at radius 1 is 1.56 bits per heavy atom. The molecule has 1 aliphatic rings. The van der Waals surface area contributed by atoms with E-state index in [4.69, 9.17) is 15.6 Å². The highest BCUT2D eigenvalue weighted by molar-refractivity contribution is 5.86. The van der Waals surface area contributed by atoms with E-state index in [1.165, 1.54) is 0 Å². The van der Waals surface area contributed by atoms with Crippen LogP contribution in [0.4, 0.5) is 0 Å². The van der Waals surface area contributed by atoms with Gasteiger partial charge in [0.2, 0.25) is 5.91 Å². The highest BCUT2D eigenvalue weighted by Crippen LogP contribution is 2.21. The van der Waals surface area contributed by atoms with Gasteiger partial charge < -0.3 is 20.9 Å². The number of methoxy groups -OCH3 is 1. The number of carbonyl (C=O) groups is 2. The summed E-state index contributed by atoms with van der Waals surface area (Å²) in [6, 6.07) is -1.03. The van der Waals surface area contributed by atoms with E-state index in [-0.39, 0.29) is 18.6 Å². The van der Waals surface area contributed by atoms with Crippen LogP contribution in [0, 0.1) is 0 Å². The van der Waals surface area contributed by atoms with Gasteiger partial charge in [-0.15, -0.1) is 0 Å². The van der Waals surface area contributed by atoms with Gasteiger partial charge in [0.1, 0.15) is 0 Å². The molecule has 4 N–H and O–H groups in total. The number of carbonyl (C=O) groups excluding carboxylic acids is 1. The summed E-state index contributed by atoms with van der Waals surface area (Å²) in [6.07, 6.45) is 2.42. The van der Waals surface area contributed by atoms with Crippen LogP contribution in [0.15, 0.2) is 0 Å². The van der Waals surface area contributed by atoms with Crippen LogP contribution in [-0.4, -0.2) is 42.3 Å². The highest BCUT2D eigenvalue weighted by atomic mass is 16.5. The first-order valence-corrected chi connectivity index (χ1v) is 5.35. The van der Waals surface area contributed by atoms with Crippen LogP contribution >= 0.6 is 0 Å². The van der Waals surface area contributed by atoms with Crippen LogP contribution in [0.3, 0.4) is 0 Å². The molecule has 0 radical (unpaired) electrons. The molecule has 3 unspecified atom stereocenters. The number of rotatable bonds is 5. The molecule has 0 saturated heterocycles. The maximum Gasteiger partial charge on any atom is 0.305 e. The van der Waals surface area contributed by atoms with Gasteiger partial charge >= 0.3 is 5.97 Å². The van der Waals surface area contributed by atoms with Crippen LogP contribution in [0.25, 0.3) is 0 Å². The summed E-state index contributed by atoms with van der Waals surface area (Å²) in [5.74, 6) is -1.49. The topological polar surface area (TPSA) is 102 Å². The number of nitrogens with one attached hydrogen (secondary N) is 1. The Bertz CT molecular complexity index is 270. The number of carboxylic acid groups (broad SMARTS) is 1. The zero-order valence-corrected chi connectivity index (χ0v) is 9.31. The molecule has 92 valence electrons. The standard InChI is InChI=1S/C10H18N2O4/c1-16-8-4-2-3-7(8)12-10(15)6(11)5-9(13)14/h6-8H,2-5,11H2,1H3,(H,12,15)(H,13,14). The van der Waals surface area contributed by atoms with E-state index in [9.17, 15) is 9.59 Å². The van der Waals surface area contributed by atoms with E-state index in [1.807, 2.05) is 0 Å². The van der Waals surface area contributed by atoms with Crippen LogP contribution in [0.5, 0.6) is 0 Å². The van der Waals surface area contributed by atoms with Crippen molar-refractivity contribution in [2.45, 2.75) is 43.9 Å². The minimum Gasteiger partial charge on any atom is -0.481 e. The van der Waals surface area contributed by atoms with Crippen molar-refractivity contribution < 1.29 is 19.4 Å². The average molecular weight is 230 g/mol. The molecule has 0 spiro atoms.